The quantitative estimate of drug-likeness (QED) is 0.726. The minimum Gasteiger partial charge on any atom is -0.395 e. The highest BCUT2D eigenvalue weighted by atomic mass is 16.3. The van der Waals surface area contributed by atoms with Gasteiger partial charge in [0.1, 0.15) is 0 Å². The van der Waals surface area contributed by atoms with Gasteiger partial charge in [0.2, 0.25) is 0 Å². The van der Waals surface area contributed by atoms with Gasteiger partial charge in [0.05, 0.1) is 6.61 Å². The molecule has 4 rings (SSSR count). The van der Waals surface area contributed by atoms with Gasteiger partial charge in [-0.1, -0.05) is 43.7 Å². The molecule has 5 heteroatoms. The Labute approximate surface area is 187 Å². The molecule has 2 amide bonds. The molecule has 31 heavy (non-hydrogen) atoms. The third-order valence-corrected chi connectivity index (χ3v) is 7.24. The molecule has 1 saturated carbocycles. The van der Waals surface area contributed by atoms with Gasteiger partial charge in [-0.15, -0.1) is 0 Å². The third kappa shape index (κ3) is 5.07. The number of hydrogen-bond acceptors (Lipinski definition) is 3. The predicted octanol–water partition coefficient (Wildman–Crippen LogP) is 3.71. The Kier molecular flexibility index (Phi) is 7.53. The van der Waals surface area contributed by atoms with E-state index in [1.54, 1.807) is 0 Å². The third-order valence-electron chi connectivity index (χ3n) is 7.24. The van der Waals surface area contributed by atoms with Gasteiger partial charge in [0.25, 0.3) is 0 Å². The van der Waals surface area contributed by atoms with Crippen LogP contribution >= 0.6 is 0 Å². The van der Waals surface area contributed by atoms with Crippen molar-refractivity contribution in [3.8, 4) is 11.8 Å². The summed E-state index contributed by atoms with van der Waals surface area (Å²) in [6, 6.07) is 9.39. The van der Waals surface area contributed by atoms with Crippen LogP contribution in [0.4, 0.5) is 4.79 Å². The molecule has 3 aliphatic rings. The van der Waals surface area contributed by atoms with Crippen molar-refractivity contribution in [3.05, 3.63) is 35.4 Å². The Morgan fingerprint density at radius 3 is 2.58 bits per heavy atom. The summed E-state index contributed by atoms with van der Waals surface area (Å²) in [5.41, 5.74) is 2.29. The Bertz CT molecular complexity index is 791. The summed E-state index contributed by atoms with van der Waals surface area (Å²) in [5.74, 6) is 6.69. The zero-order chi connectivity index (χ0) is 21.6. The monoisotopic (exact) mass is 423 g/mol. The second-order valence-electron chi connectivity index (χ2n) is 9.34. The van der Waals surface area contributed by atoms with E-state index >= 15 is 0 Å². The Morgan fingerprint density at radius 2 is 1.87 bits per heavy atom. The van der Waals surface area contributed by atoms with Gasteiger partial charge < -0.3 is 15.3 Å². The van der Waals surface area contributed by atoms with Crippen molar-refractivity contribution in [2.75, 3.05) is 26.2 Å². The van der Waals surface area contributed by atoms with Gasteiger partial charge in [-0.2, -0.15) is 0 Å². The average Bonchev–Trinajstić information content (AvgIpc) is 3.27. The molecule has 3 fully saturated rings. The molecule has 2 heterocycles. The van der Waals surface area contributed by atoms with Crippen molar-refractivity contribution in [1.82, 2.24) is 15.1 Å². The molecule has 1 aromatic carbocycles. The van der Waals surface area contributed by atoms with Gasteiger partial charge >= 0.3 is 6.03 Å². The number of unbranched alkanes of at least 4 members (excludes halogenated alkanes) is 1. The first kappa shape index (κ1) is 22.2. The van der Waals surface area contributed by atoms with Gasteiger partial charge in [-0.25, -0.2) is 4.79 Å². The van der Waals surface area contributed by atoms with Crippen molar-refractivity contribution >= 4 is 6.03 Å². The molecule has 2 aliphatic heterocycles. The summed E-state index contributed by atoms with van der Waals surface area (Å²) >= 11 is 0. The minimum atomic E-state index is 0.0986. The van der Waals surface area contributed by atoms with Crippen LogP contribution in [0.25, 0.3) is 0 Å². The summed E-state index contributed by atoms with van der Waals surface area (Å²) < 4.78 is 0. The number of nitrogens with one attached hydrogen (secondary N) is 1. The van der Waals surface area contributed by atoms with E-state index in [9.17, 15) is 9.90 Å². The van der Waals surface area contributed by atoms with Crippen LogP contribution in [0.3, 0.4) is 0 Å². The smallest absolute Gasteiger partial charge is 0.317 e. The second kappa shape index (κ2) is 10.5. The van der Waals surface area contributed by atoms with E-state index in [1.807, 2.05) is 4.90 Å². The number of rotatable bonds is 4. The first-order chi connectivity index (χ1) is 15.2. The molecule has 5 nitrogen and oxygen atoms in total. The summed E-state index contributed by atoms with van der Waals surface area (Å²) in [4.78, 5) is 17.4. The normalized spacial score (nSPS) is 26.8. The van der Waals surface area contributed by atoms with Crippen LogP contribution in [0, 0.1) is 11.8 Å². The lowest BCUT2D eigenvalue weighted by Gasteiger charge is -2.57. The number of aliphatic hydroxyl groups is 1. The van der Waals surface area contributed by atoms with E-state index in [1.165, 1.54) is 18.4 Å². The van der Waals surface area contributed by atoms with Gasteiger partial charge in [-0.3, -0.25) is 4.90 Å². The SMILES string of the molecule is CCCC#Cc1ccc([C@H]2[C@H](CO)N3CCCCN(C(=O)NC4CCCC4)C[C@@H]23)cc1. The number of fused-ring (bicyclic) bond motifs is 1. The van der Waals surface area contributed by atoms with Crippen LogP contribution in [0.1, 0.15) is 75.3 Å². The lowest BCUT2D eigenvalue weighted by molar-refractivity contribution is -0.0591. The Balaban J connectivity index is 1.47. The average molecular weight is 424 g/mol. The summed E-state index contributed by atoms with van der Waals surface area (Å²) in [6.07, 6.45) is 8.76. The summed E-state index contributed by atoms with van der Waals surface area (Å²) in [6.45, 7) is 4.86. The van der Waals surface area contributed by atoms with Crippen LogP contribution in [0.15, 0.2) is 24.3 Å². The van der Waals surface area contributed by atoms with Gasteiger partial charge in [0.15, 0.2) is 0 Å². The number of benzene rings is 1. The maximum Gasteiger partial charge on any atom is 0.317 e. The van der Waals surface area contributed by atoms with Crippen molar-refractivity contribution in [2.45, 2.75) is 82.3 Å². The molecule has 0 bridgehead atoms. The molecule has 0 spiro atoms. The van der Waals surface area contributed by atoms with E-state index < -0.39 is 0 Å². The fourth-order valence-electron chi connectivity index (χ4n) is 5.54. The topological polar surface area (TPSA) is 55.8 Å². The van der Waals surface area contributed by atoms with Gasteiger partial charge in [-0.05, 0) is 56.3 Å². The molecule has 0 radical (unpaired) electrons. The van der Waals surface area contributed by atoms with Crippen LogP contribution in [0.5, 0.6) is 0 Å². The largest absolute Gasteiger partial charge is 0.395 e. The van der Waals surface area contributed by atoms with Crippen molar-refractivity contribution in [3.63, 3.8) is 0 Å². The number of carbonyl (C=O) groups is 1. The highest BCUT2D eigenvalue weighted by Gasteiger charge is 2.49. The molecule has 3 atom stereocenters. The lowest BCUT2D eigenvalue weighted by Crippen LogP contribution is -2.68. The number of carbonyl (C=O) groups excluding carboxylic acids is 1. The van der Waals surface area contributed by atoms with Crippen molar-refractivity contribution < 1.29 is 9.90 Å². The number of aliphatic hydroxyl groups excluding tert-OH is 1. The van der Waals surface area contributed by atoms with Crippen LogP contribution in [0.2, 0.25) is 0 Å². The molecule has 1 aliphatic carbocycles. The minimum absolute atomic E-state index is 0.0986. The van der Waals surface area contributed by atoms with E-state index in [2.05, 4.69) is 53.2 Å². The predicted molar refractivity (Wildman–Crippen MR) is 124 cm³/mol. The number of nitrogens with zero attached hydrogens (tertiary/aromatic N) is 2. The first-order valence-electron chi connectivity index (χ1n) is 12.2. The van der Waals surface area contributed by atoms with E-state index in [-0.39, 0.29) is 30.6 Å². The number of amides is 2. The summed E-state index contributed by atoms with van der Waals surface area (Å²) in [5, 5.41) is 13.4. The number of hydrogen-bond donors (Lipinski definition) is 2. The maximum atomic E-state index is 13.0. The Morgan fingerprint density at radius 1 is 1.13 bits per heavy atom. The second-order valence-corrected chi connectivity index (χ2v) is 9.34. The van der Waals surface area contributed by atoms with E-state index in [4.69, 9.17) is 0 Å². The fraction of sp³-hybridized carbons (Fsp3) is 0.654. The van der Waals surface area contributed by atoms with Crippen molar-refractivity contribution in [1.29, 1.82) is 0 Å². The maximum absolute atomic E-state index is 13.0. The zero-order valence-electron chi connectivity index (χ0n) is 18.9. The molecule has 168 valence electrons. The lowest BCUT2D eigenvalue weighted by atomic mass is 9.74. The highest BCUT2D eigenvalue weighted by Crippen LogP contribution is 2.42. The Hall–Kier alpha value is -2.03. The molecule has 2 N–H and O–H groups in total. The fourth-order valence-corrected chi connectivity index (χ4v) is 5.54. The van der Waals surface area contributed by atoms with Gasteiger partial charge in [0, 0.05) is 49.1 Å². The van der Waals surface area contributed by atoms with E-state index in [0.717, 1.165) is 63.7 Å². The van der Waals surface area contributed by atoms with Crippen LogP contribution in [-0.2, 0) is 0 Å². The van der Waals surface area contributed by atoms with Crippen LogP contribution in [-0.4, -0.2) is 65.3 Å². The molecular weight excluding hydrogens is 386 g/mol. The first-order valence-corrected chi connectivity index (χ1v) is 12.2. The number of urea groups is 1. The molecule has 2 saturated heterocycles. The molecule has 1 aromatic rings. The molecular formula is C26H37N3O2. The standard InChI is InChI=1S/C26H37N3O2/c1-2-3-4-9-20-12-14-21(15-13-20)25-23-18-28(26(31)27-22-10-5-6-11-22)16-7-8-17-29(23)24(25)19-30/h12-15,22-25,30H,2-3,5-8,10-11,16-19H2,1H3,(H,27,31)/t23-,24-,25+/m0/s1. The van der Waals surface area contributed by atoms with Crippen molar-refractivity contribution in [2.24, 2.45) is 0 Å². The zero-order valence-corrected chi connectivity index (χ0v) is 18.9. The highest BCUT2D eigenvalue weighted by molar-refractivity contribution is 5.74. The molecule has 0 aromatic heterocycles. The van der Waals surface area contributed by atoms with E-state index in [0.29, 0.717) is 6.04 Å². The summed E-state index contributed by atoms with van der Waals surface area (Å²) in [7, 11) is 0. The van der Waals surface area contributed by atoms with Crippen LogP contribution < -0.4 is 5.32 Å². The molecule has 0 unspecified atom stereocenters.